The third-order valence-electron chi connectivity index (χ3n) is 2.36. The molecule has 18 heavy (non-hydrogen) atoms. The number of nitrogen functional groups attached to an aromatic ring is 1. The fourth-order valence-corrected chi connectivity index (χ4v) is 1.48. The predicted octanol–water partition coefficient (Wildman–Crippen LogP) is -0.0262. The molecular formula is C11H14F2N2O3. The molecule has 0 heterocycles. The minimum absolute atomic E-state index is 0.132. The van der Waals surface area contributed by atoms with Crippen molar-refractivity contribution in [1.29, 1.82) is 0 Å². The van der Waals surface area contributed by atoms with Crippen molar-refractivity contribution in [3.63, 3.8) is 0 Å². The molecule has 1 rings (SSSR count). The lowest BCUT2D eigenvalue weighted by atomic mass is 10.1. The molecule has 0 spiro atoms. The lowest BCUT2D eigenvalue weighted by Crippen LogP contribution is -2.37. The minimum Gasteiger partial charge on any atom is -0.396 e. The van der Waals surface area contributed by atoms with E-state index in [1.54, 1.807) is 0 Å². The second kappa shape index (κ2) is 6.27. The summed E-state index contributed by atoms with van der Waals surface area (Å²) in [5, 5.41) is 17.5. The van der Waals surface area contributed by atoms with Crippen LogP contribution >= 0.6 is 0 Å². The van der Waals surface area contributed by atoms with E-state index in [1.165, 1.54) is 0 Å². The van der Waals surface area contributed by atoms with Gasteiger partial charge in [0.2, 0.25) is 0 Å². The Morgan fingerprint density at radius 1 is 1.22 bits per heavy atom. The SMILES string of the molecule is Nc1ccc(F)c(C(=O)N(CCO)CCO)c1F. The molecule has 0 aliphatic carbocycles. The first-order valence-corrected chi connectivity index (χ1v) is 5.27. The first-order chi connectivity index (χ1) is 8.52. The van der Waals surface area contributed by atoms with Gasteiger partial charge in [0.1, 0.15) is 11.4 Å². The summed E-state index contributed by atoms with van der Waals surface area (Å²) in [5.41, 5.74) is 4.14. The maximum Gasteiger partial charge on any atom is 0.260 e. The van der Waals surface area contributed by atoms with E-state index in [9.17, 15) is 13.6 Å². The van der Waals surface area contributed by atoms with Crippen LogP contribution in [0.5, 0.6) is 0 Å². The fourth-order valence-electron chi connectivity index (χ4n) is 1.48. The molecule has 0 aromatic heterocycles. The second-order valence-electron chi connectivity index (χ2n) is 3.57. The van der Waals surface area contributed by atoms with Gasteiger partial charge in [-0.1, -0.05) is 0 Å². The van der Waals surface area contributed by atoms with Crippen LogP contribution in [0.3, 0.4) is 0 Å². The van der Waals surface area contributed by atoms with Crippen molar-refractivity contribution in [1.82, 2.24) is 4.90 Å². The van der Waals surface area contributed by atoms with Crippen molar-refractivity contribution in [2.24, 2.45) is 0 Å². The van der Waals surface area contributed by atoms with Gasteiger partial charge in [-0.05, 0) is 12.1 Å². The topological polar surface area (TPSA) is 86.8 Å². The molecule has 0 bridgehead atoms. The number of carbonyl (C=O) groups excluding carboxylic acids is 1. The van der Waals surface area contributed by atoms with Crippen LogP contribution in [-0.4, -0.2) is 47.3 Å². The molecule has 0 atom stereocenters. The van der Waals surface area contributed by atoms with Crippen molar-refractivity contribution >= 4 is 11.6 Å². The van der Waals surface area contributed by atoms with Gasteiger partial charge in [-0.2, -0.15) is 0 Å². The van der Waals surface area contributed by atoms with E-state index in [4.69, 9.17) is 15.9 Å². The van der Waals surface area contributed by atoms with E-state index in [0.29, 0.717) is 0 Å². The highest BCUT2D eigenvalue weighted by Gasteiger charge is 2.24. The summed E-state index contributed by atoms with van der Waals surface area (Å²) in [6.07, 6.45) is 0. The maximum absolute atomic E-state index is 13.6. The van der Waals surface area contributed by atoms with Gasteiger partial charge in [-0.3, -0.25) is 4.79 Å². The van der Waals surface area contributed by atoms with Crippen LogP contribution in [0.4, 0.5) is 14.5 Å². The number of aliphatic hydroxyl groups is 2. The van der Waals surface area contributed by atoms with Crippen molar-refractivity contribution in [3.8, 4) is 0 Å². The number of hydrogen-bond donors (Lipinski definition) is 3. The molecule has 0 radical (unpaired) electrons. The summed E-state index contributed by atoms with van der Waals surface area (Å²) in [4.78, 5) is 12.8. The zero-order valence-electron chi connectivity index (χ0n) is 9.57. The summed E-state index contributed by atoms with van der Waals surface area (Å²) >= 11 is 0. The first-order valence-electron chi connectivity index (χ1n) is 5.27. The number of anilines is 1. The van der Waals surface area contributed by atoms with Crippen molar-refractivity contribution in [2.45, 2.75) is 0 Å². The number of rotatable bonds is 5. The molecule has 1 amide bonds. The number of carbonyl (C=O) groups is 1. The Bertz CT molecular complexity index is 435. The molecule has 7 heteroatoms. The number of nitrogens with zero attached hydrogens (tertiary/aromatic N) is 1. The zero-order valence-corrected chi connectivity index (χ0v) is 9.57. The lowest BCUT2D eigenvalue weighted by Gasteiger charge is -2.21. The van der Waals surface area contributed by atoms with Gasteiger partial charge in [0.25, 0.3) is 5.91 Å². The van der Waals surface area contributed by atoms with E-state index in [-0.39, 0.29) is 32.0 Å². The van der Waals surface area contributed by atoms with Gasteiger partial charge in [-0.15, -0.1) is 0 Å². The third-order valence-corrected chi connectivity index (χ3v) is 2.36. The molecule has 1 aromatic carbocycles. The Balaban J connectivity index is 3.11. The van der Waals surface area contributed by atoms with Crippen LogP contribution in [0, 0.1) is 11.6 Å². The van der Waals surface area contributed by atoms with Crippen LogP contribution < -0.4 is 5.73 Å². The van der Waals surface area contributed by atoms with E-state index in [0.717, 1.165) is 17.0 Å². The monoisotopic (exact) mass is 260 g/mol. The van der Waals surface area contributed by atoms with Crippen LogP contribution in [0.25, 0.3) is 0 Å². The molecule has 0 saturated heterocycles. The van der Waals surface area contributed by atoms with Gasteiger partial charge in [0, 0.05) is 13.1 Å². The molecule has 0 saturated carbocycles. The highest BCUT2D eigenvalue weighted by Crippen LogP contribution is 2.20. The highest BCUT2D eigenvalue weighted by atomic mass is 19.1. The Morgan fingerprint density at radius 3 is 2.28 bits per heavy atom. The largest absolute Gasteiger partial charge is 0.396 e. The fraction of sp³-hybridized carbons (Fsp3) is 0.364. The van der Waals surface area contributed by atoms with Crippen molar-refractivity contribution in [3.05, 3.63) is 29.3 Å². The predicted molar refractivity (Wildman–Crippen MR) is 60.8 cm³/mol. The molecule has 0 aliphatic heterocycles. The first kappa shape index (κ1) is 14.3. The summed E-state index contributed by atoms with van der Waals surface area (Å²) in [7, 11) is 0. The van der Waals surface area contributed by atoms with Crippen LogP contribution in [0.2, 0.25) is 0 Å². The molecule has 4 N–H and O–H groups in total. The van der Waals surface area contributed by atoms with Gasteiger partial charge in [0.15, 0.2) is 5.82 Å². The smallest absolute Gasteiger partial charge is 0.260 e. The Labute approximate surface area is 102 Å². The molecule has 1 aromatic rings. The highest BCUT2D eigenvalue weighted by molar-refractivity contribution is 5.95. The van der Waals surface area contributed by atoms with Gasteiger partial charge < -0.3 is 20.8 Å². The van der Waals surface area contributed by atoms with E-state index >= 15 is 0 Å². The normalized spacial score (nSPS) is 10.4. The van der Waals surface area contributed by atoms with Gasteiger partial charge in [0.05, 0.1) is 18.9 Å². The minimum atomic E-state index is -1.14. The summed E-state index contributed by atoms with van der Waals surface area (Å²) in [5.74, 6) is -3.13. The number of benzene rings is 1. The maximum atomic E-state index is 13.6. The number of nitrogens with two attached hydrogens (primary N) is 1. The quantitative estimate of drug-likeness (QED) is 0.649. The molecule has 5 nitrogen and oxygen atoms in total. The Morgan fingerprint density at radius 2 is 1.78 bits per heavy atom. The summed E-state index contributed by atoms with van der Waals surface area (Å²) < 4.78 is 27.1. The van der Waals surface area contributed by atoms with E-state index in [2.05, 4.69) is 0 Å². The molecule has 0 unspecified atom stereocenters. The average molecular weight is 260 g/mol. The standard InChI is InChI=1S/C11H14F2N2O3/c12-7-1-2-8(14)10(13)9(7)11(18)15(3-5-16)4-6-17/h1-2,16-17H,3-6,14H2. The molecular weight excluding hydrogens is 246 g/mol. The van der Waals surface area contributed by atoms with Crippen LogP contribution in [-0.2, 0) is 0 Å². The van der Waals surface area contributed by atoms with Crippen molar-refractivity contribution < 1.29 is 23.8 Å². The van der Waals surface area contributed by atoms with Gasteiger partial charge >= 0.3 is 0 Å². The van der Waals surface area contributed by atoms with E-state index < -0.39 is 23.1 Å². The average Bonchev–Trinajstić information content (AvgIpc) is 2.34. The van der Waals surface area contributed by atoms with E-state index in [1.807, 2.05) is 0 Å². The van der Waals surface area contributed by atoms with Crippen molar-refractivity contribution in [2.75, 3.05) is 32.0 Å². The number of aliphatic hydroxyl groups excluding tert-OH is 2. The Kier molecular flexibility index (Phi) is 4.99. The molecule has 0 aliphatic rings. The lowest BCUT2D eigenvalue weighted by molar-refractivity contribution is 0.0675. The zero-order chi connectivity index (χ0) is 13.7. The number of halogens is 2. The number of amides is 1. The van der Waals surface area contributed by atoms with Crippen LogP contribution in [0.1, 0.15) is 10.4 Å². The molecule has 0 fully saturated rings. The van der Waals surface area contributed by atoms with Gasteiger partial charge in [-0.25, -0.2) is 8.78 Å². The van der Waals surface area contributed by atoms with Crippen LogP contribution in [0.15, 0.2) is 12.1 Å². The second-order valence-corrected chi connectivity index (χ2v) is 3.57. The summed E-state index contributed by atoms with van der Waals surface area (Å²) in [6, 6.07) is 1.91. The third kappa shape index (κ3) is 2.93. The number of hydrogen-bond acceptors (Lipinski definition) is 4. The Hall–Kier alpha value is -1.73. The summed E-state index contributed by atoms with van der Waals surface area (Å²) in [6.45, 7) is -1.02. The molecule has 100 valence electrons.